The Morgan fingerprint density at radius 2 is 1.60 bits per heavy atom. The fourth-order valence-corrected chi connectivity index (χ4v) is 2.34. The normalized spacial score (nSPS) is 10.3. The van der Waals surface area contributed by atoms with Gasteiger partial charge in [0.05, 0.1) is 0 Å². The number of hydrogen-bond acceptors (Lipinski definition) is 2. The largest absolute Gasteiger partial charge is 0.374 e. The maximum absolute atomic E-state index is 12.1. The summed E-state index contributed by atoms with van der Waals surface area (Å²) in [7, 11) is 2.03. The van der Waals surface area contributed by atoms with Gasteiger partial charge < -0.3 is 4.90 Å². The predicted molar refractivity (Wildman–Crippen MR) is 84.6 cm³/mol. The molecule has 0 saturated heterocycles. The molecule has 0 saturated carbocycles. The van der Waals surface area contributed by atoms with Gasteiger partial charge in [0.2, 0.25) is 0 Å². The van der Waals surface area contributed by atoms with Crippen LogP contribution in [0.25, 0.3) is 0 Å². The monoisotopic (exact) mass is 267 g/mol. The fourth-order valence-electron chi connectivity index (χ4n) is 2.34. The van der Waals surface area contributed by atoms with Crippen LogP contribution in [0, 0.1) is 13.8 Å². The molecule has 0 aromatic heterocycles. The van der Waals surface area contributed by atoms with E-state index in [1.807, 2.05) is 37.4 Å². The SMILES string of the molecule is Cc1cc(C)cc(N(C)CCC(=O)c2ccccc2)c1. The molecule has 0 unspecified atom stereocenters. The van der Waals surface area contributed by atoms with E-state index >= 15 is 0 Å². The van der Waals surface area contributed by atoms with Crippen molar-refractivity contribution in [3.63, 3.8) is 0 Å². The van der Waals surface area contributed by atoms with Gasteiger partial charge in [-0.3, -0.25) is 4.79 Å². The summed E-state index contributed by atoms with van der Waals surface area (Å²) in [4.78, 5) is 14.2. The van der Waals surface area contributed by atoms with Crippen LogP contribution in [-0.2, 0) is 0 Å². The number of carbonyl (C=O) groups excluding carboxylic acids is 1. The number of rotatable bonds is 5. The highest BCUT2D eigenvalue weighted by Crippen LogP contribution is 2.18. The molecular weight excluding hydrogens is 246 g/mol. The van der Waals surface area contributed by atoms with Gasteiger partial charge in [0.1, 0.15) is 0 Å². The zero-order valence-corrected chi connectivity index (χ0v) is 12.4. The standard InChI is InChI=1S/C18H21NO/c1-14-11-15(2)13-17(12-14)19(3)10-9-18(20)16-7-5-4-6-8-16/h4-8,11-13H,9-10H2,1-3H3. The van der Waals surface area contributed by atoms with E-state index in [-0.39, 0.29) is 5.78 Å². The summed E-state index contributed by atoms with van der Waals surface area (Å²) >= 11 is 0. The lowest BCUT2D eigenvalue weighted by Gasteiger charge is -2.20. The Labute approximate surface area is 121 Å². The summed E-state index contributed by atoms with van der Waals surface area (Å²) in [6, 6.07) is 15.9. The van der Waals surface area contributed by atoms with Crippen LogP contribution in [0.3, 0.4) is 0 Å². The van der Waals surface area contributed by atoms with Crippen LogP contribution in [0.2, 0.25) is 0 Å². The maximum atomic E-state index is 12.1. The van der Waals surface area contributed by atoms with E-state index in [9.17, 15) is 4.79 Å². The van der Waals surface area contributed by atoms with Crippen molar-refractivity contribution in [3.05, 3.63) is 65.2 Å². The molecule has 0 bridgehead atoms. The van der Waals surface area contributed by atoms with E-state index < -0.39 is 0 Å². The summed E-state index contributed by atoms with van der Waals surface area (Å²) < 4.78 is 0. The second-order valence-electron chi connectivity index (χ2n) is 5.31. The molecule has 0 aliphatic heterocycles. The number of hydrogen-bond donors (Lipinski definition) is 0. The first-order chi connectivity index (χ1) is 9.56. The average molecular weight is 267 g/mol. The van der Waals surface area contributed by atoms with Gasteiger partial charge in [-0.05, 0) is 37.1 Å². The predicted octanol–water partition coefficient (Wildman–Crippen LogP) is 4.01. The topological polar surface area (TPSA) is 20.3 Å². The Bertz CT molecular complexity index is 569. The van der Waals surface area contributed by atoms with Crippen LogP contribution >= 0.6 is 0 Å². The van der Waals surface area contributed by atoms with E-state index in [0.717, 1.165) is 12.1 Å². The van der Waals surface area contributed by atoms with Crippen LogP contribution in [0.5, 0.6) is 0 Å². The molecule has 0 heterocycles. The number of carbonyl (C=O) groups is 1. The minimum Gasteiger partial charge on any atom is -0.374 e. The second kappa shape index (κ2) is 6.38. The number of nitrogens with zero attached hydrogens (tertiary/aromatic N) is 1. The summed E-state index contributed by atoms with van der Waals surface area (Å²) in [5.41, 5.74) is 4.46. The fraction of sp³-hybridized carbons (Fsp3) is 0.278. The minimum absolute atomic E-state index is 0.196. The van der Waals surface area contributed by atoms with E-state index in [2.05, 4.69) is 36.9 Å². The van der Waals surface area contributed by atoms with Crippen molar-refractivity contribution < 1.29 is 4.79 Å². The van der Waals surface area contributed by atoms with Crippen LogP contribution in [0.1, 0.15) is 27.9 Å². The first kappa shape index (κ1) is 14.3. The van der Waals surface area contributed by atoms with Gasteiger partial charge in [-0.25, -0.2) is 0 Å². The molecule has 20 heavy (non-hydrogen) atoms. The molecule has 0 radical (unpaired) electrons. The second-order valence-corrected chi connectivity index (χ2v) is 5.31. The van der Waals surface area contributed by atoms with Gasteiger partial charge in [0, 0.05) is 31.3 Å². The smallest absolute Gasteiger partial charge is 0.164 e. The number of Topliss-reactive ketones (excluding diaryl/α,β-unsaturated/α-hetero) is 1. The molecule has 2 rings (SSSR count). The zero-order valence-electron chi connectivity index (χ0n) is 12.4. The molecule has 2 aromatic rings. The number of anilines is 1. The molecule has 0 aliphatic carbocycles. The lowest BCUT2D eigenvalue weighted by molar-refractivity contribution is 0.0985. The molecule has 104 valence electrons. The molecule has 0 amide bonds. The lowest BCUT2D eigenvalue weighted by atomic mass is 10.1. The van der Waals surface area contributed by atoms with Crippen LogP contribution in [0.15, 0.2) is 48.5 Å². The summed E-state index contributed by atoms with van der Waals surface area (Å²) in [6.45, 7) is 4.93. The highest BCUT2D eigenvalue weighted by molar-refractivity contribution is 5.96. The Kier molecular flexibility index (Phi) is 4.57. The van der Waals surface area contributed by atoms with Crippen molar-refractivity contribution in [3.8, 4) is 0 Å². The zero-order chi connectivity index (χ0) is 14.5. The molecule has 0 fully saturated rings. The molecule has 2 nitrogen and oxygen atoms in total. The molecule has 0 atom stereocenters. The van der Waals surface area contributed by atoms with E-state index in [1.54, 1.807) is 0 Å². The van der Waals surface area contributed by atoms with Crippen molar-refractivity contribution in [2.75, 3.05) is 18.5 Å². The van der Waals surface area contributed by atoms with Crippen LogP contribution in [-0.4, -0.2) is 19.4 Å². The van der Waals surface area contributed by atoms with E-state index in [4.69, 9.17) is 0 Å². The Morgan fingerprint density at radius 1 is 1.00 bits per heavy atom. The molecule has 0 N–H and O–H groups in total. The van der Waals surface area contributed by atoms with Gasteiger partial charge in [-0.15, -0.1) is 0 Å². The van der Waals surface area contributed by atoms with Gasteiger partial charge in [0.25, 0.3) is 0 Å². The van der Waals surface area contributed by atoms with Crippen molar-refractivity contribution in [1.82, 2.24) is 0 Å². The number of ketones is 1. The molecule has 0 aliphatic rings. The number of benzene rings is 2. The van der Waals surface area contributed by atoms with Crippen LogP contribution < -0.4 is 4.90 Å². The molecular formula is C18H21NO. The quantitative estimate of drug-likeness (QED) is 0.763. The Morgan fingerprint density at radius 3 is 2.20 bits per heavy atom. The number of aryl methyl sites for hydroxylation is 2. The van der Waals surface area contributed by atoms with Crippen molar-refractivity contribution in [1.29, 1.82) is 0 Å². The van der Waals surface area contributed by atoms with E-state index in [1.165, 1.54) is 16.8 Å². The summed E-state index contributed by atoms with van der Waals surface area (Å²) in [6.07, 6.45) is 0.535. The average Bonchev–Trinajstić information content (AvgIpc) is 2.44. The summed E-state index contributed by atoms with van der Waals surface area (Å²) in [5, 5.41) is 0. The maximum Gasteiger partial charge on any atom is 0.164 e. The molecule has 2 aromatic carbocycles. The van der Waals surface area contributed by atoms with Crippen molar-refractivity contribution >= 4 is 11.5 Å². The van der Waals surface area contributed by atoms with Crippen molar-refractivity contribution in [2.45, 2.75) is 20.3 Å². The van der Waals surface area contributed by atoms with Crippen LogP contribution in [0.4, 0.5) is 5.69 Å². The first-order valence-corrected chi connectivity index (χ1v) is 6.94. The Hall–Kier alpha value is -2.09. The highest BCUT2D eigenvalue weighted by Gasteiger charge is 2.08. The third-order valence-corrected chi connectivity index (χ3v) is 3.42. The van der Waals surface area contributed by atoms with Gasteiger partial charge in [0.15, 0.2) is 5.78 Å². The Balaban J connectivity index is 1.98. The van der Waals surface area contributed by atoms with Gasteiger partial charge >= 0.3 is 0 Å². The third kappa shape index (κ3) is 3.70. The minimum atomic E-state index is 0.196. The first-order valence-electron chi connectivity index (χ1n) is 6.94. The van der Waals surface area contributed by atoms with E-state index in [0.29, 0.717) is 6.42 Å². The third-order valence-electron chi connectivity index (χ3n) is 3.42. The molecule has 0 spiro atoms. The molecule has 2 heteroatoms. The summed E-state index contributed by atoms with van der Waals surface area (Å²) in [5.74, 6) is 0.196. The highest BCUT2D eigenvalue weighted by atomic mass is 16.1. The van der Waals surface area contributed by atoms with Gasteiger partial charge in [-0.2, -0.15) is 0 Å². The van der Waals surface area contributed by atoms with Crippen molar-refractivity contribution in [2.24, 2.45) is 0 Å². The lowest BCUT2D eigenvalue weighted by Crippen LogP contribution is -2.21. The van der Waals surface area contributed by atoms with Gasteiger partial charge in [-0.1, -0.05) is 36.4 Å².